The van der Waals surface area contributed by atoms with Crippen LogP contribution < -0.4 is 19.5 Å². The number of anilines is 1. The van der Waals surface area contributed by atoms with Crippen LogP contribution in [0.5, 0.6) is 17.2 Å². The summed E-state index contributed by atoms with van der Waals surface area (Å²) in [6, 6.07) is 13.3. The fourth-order valence-electron chi connectivity index (χ4n) is 3.84. The Labute approximate surface area is 145 Å². The van der Waals surface area contributed by atoms with Crippen LogP contribution >= 0.6 is 0 Å². The molecule has 1 spiro atoms. The predicted octanol–water partition coefficient (Wildman–Crippen LogP) is 3.67. The van der Waals surface area contributed by atoms with Gasteiger partial charge in [0.15, 0.2) is 17.6 Å². The second kappa shape index (κ2) is 5.41. The smallest absolute Gasteiger partial charge is 0.265 e. The molecule has 2 aliphatic heterocycles. The largest absolute Gasteiger partial charge is 0.480 e. The first kappa shape index (κ1) is 14.6. The van der Waals surface area contributed by atoms with E-state index in [1.807, 2.05) is 42.5 Å². The molecule has 2 heterocycles. The molecule has 1 amide bonds. The van der Waals surface area contributed by atoms with Gasteiger partial charge < -0.3 is 19.5 Å². The fourth-order valence-corrected chi connectivity index (χ4v) is 3.84. The number of rotatable bonds is 2. The van der Waals surface area contributed by atoms with Crippen LogP contribution in [0.4, 0.5) is 5.69 Å². The minimum atomic E-state index is -0.496. The third-order valence-electron chi connectivity index (χ3n) is 5.11. The molecule has 0 radical (unpaired) electrons. The molecule has 5 rings (SSSR count). The van der Waals surface area contributed by atoms with Crippen LogP contribution in [0.25, 0.3) is 0 Å². The molecule has 5 heteroatoms. The van der Waals surface area contributed by atoms with E-state index in [2.05, 4.69) is 5.32 Å². The molecule has 25 heavy (non-hydrogen) atoms. The number of amides is 1. The molecule has 1 fully saturated rings. The minimum Gasteiger partial charge on any atom is -0.480 e. The van der Waals surface area contributed by atoms with Crippen LogP contribution in [-0.4, -0.2) is 17.8 Å². The Morgan fingerprint density at radius 1 is 1.00 bits per heavy atom. The summed E-state index contributed by atoms with van der Waals surface area (Å²) < 4.78 is 17.8. The van der Waals surface area contributed by atoms with Crippen molar-refractivity contribution in [3.8, 4) is 17.2 Å². The first-order valence-electron chi connectivity index (χ1n) is 8.78. The summed E-state index contributed by atoms with van der Waals surface area (Å²) >= 11 is 0. The number of ether oxygens (including phenoxy) is 3. The zero-order valence-electron chi connectivity index (χ0n) is 13.8. The standard InChI is InChI=1S/C20H19NO4/c22-19(18-11-13-5-1-2-6-15(13)23-18)21-14-7-8-16-17(12-14)25-20(24-16)9-3-4-10-20/h1-2,5-8,12,18H,3-4,9-11H2,(H,21,22). The molecule has 2 aromatic rings. The second-order valence-electron chi connectivity index (χ2n) is 6.89. The Kier molecular flexibility index (Phi) is 3.17. The number of para-hydroxylation sites is 1. The number of fused-ring (bicyclic) bond motifs is 2. The number of nitrogens with one attached hydrogen (secondary N) is 1. The second-order valence-corrected chi connectivity index (χ2v) is 6.89. The lowest BCUT2D eigenvalue weighted by Crippen LogP contribution is -2.34. The molecule has 128 valence electrons. The Balaban J connectivity index is 1.29. The molecule has 0 aromatic heterocycles. The molecule has 0 saturated heterocycles. The molecule has 3 aliphatic rings. The summed E-state index contributed by atoms with van der Waals surface area (Å²) in [5.41, 5.74) is 1.76. The van der Waals surface area contributed by atoms with Crippen molar-refractivity contribution in [3.05, 3.63) is 48.0 Å². The van der Waals surface area contributed by atoms with Crippen molar-refractivity contribution < 1.29 is 19.0 Å². The quantitative estimate of drug-likeness (QED) is 0.908. The summed E-state index contributed by atoms with van der Waals surface area (Å²) in [7, 11) is 0. The number of carbonyl (C=O) groups excluding carboxylic acids is 1. The molecule has 1 atom stereocenters. The Morgan fingerprint density at radius 2 is 1.80 bits per heavy atom. The molecule has 1 aliphatic carbocycles. The maximum absolute atomic E-state index is 12.5. The van der Waals surface area contributed by atoms with Gasteiger partial charge in [0.05, 0.1) is 0 Å². The highest BCUT2D eigenvalue weighted by Gasteiger charge is 2.44. The first-order valence-corrected chi connectivity index (χ1v) is 8.78. The van der Waals surface area contributed by atoms with E-state index in [4.69, 9.17) is 14.2 Å². The molecular weight excluding hydrogens is 318 g/mol. The molecule has 0 bridgehead atoms. The van der Waals surface area contributed by atoms with Crippen LogP contribution in [0.2, 0.25) is 0 Å². The van der Waals surface area contributed by atoms with E-state index in [-0.39, 0.29) is 5.91 Å². The molecule has 1 N–H and O–H groups in total. The highest BCUT2D eigenvalue weighted by molar-refractivity contribution is 5.95. The maximum Gasteiger partial charge on any atom is 0.265 e. The summed E-state index contributed by atoms with van der Waals surface area (Å²) in [5.74, 6) is 1.61. The number of hydrogen-bond acceptors (Lipinski definition) is 4. The summed E-state index contributed by atoms with van der Waals surface area (Å²) in [4.78, 5) is 12.5. The molecule has 2 aromatic carbocycles. The topological polar surface area (TPSA) is 56.8 Å². The third-order valence-corrected chi connectivity index (χ3v) is 5.11. The van der Waals surface area contributed by atoms with Crippen molar-refractivity contribution >= 4 is 11.6 Å². The van der Waals surface area contributed by atoms with Crippen molar-refractivity contribution in [1.82, 2.24) is 0 Å². The number of benzene rings is 2. The average molecular weight is 337 g/mol. The van der Waals surface area contributed by atoms with Gasteiger partial charge in [-0.2, -0.15) is 0 Å². The van der Waals surface area contributed by atoms with Crippen molar-refractivity contribution in [2.75, 3.05) is 5.32 Å². The van der Waals surface area contributed by atoms with Gasteiger partial charge in [0.2, 0.25) is 0 Å². The van der Waals surface area contributed by atoms with Crippen LogP contribution in [0.15, 0.2) is 42.5 Å². The van der Waals surface area contributed by atoms with Gasteiger partial charge in [-0.15, -0.1) is 0 Å². The monoisotopic (exact) mass is 337 g/mol. The molecule has 1 saturated carbocycles. The zero-order valence-corrected chi connectivity index (χ0v) is 13.8. The van der Waals surface area contributed by atoms with E-state index >= 15 is 0 Å². The highest BCUT2D eigenvalue weighted by atomic mass is 16.7. The van der Waals surface area contributed by atoms with Gasteiger partial charge in [-0.3, -0.25) is 4.79 Å². The average Bonchev–Trinajstić information content (AvgIpc) is 3.32. The van der Waals surface area contributed by atoms with Gasteiger partial charge in [-0.05, 0) is 36.6 Å². The van der Waals surface area contributed by atoms with Crippen LogP contribution in [-0.2, 0) is 11.2 Å². The van der Waals surface area contributed by atoms with Gasteiger partial charge in [0.25, 0.3) is 11.7 Å². The van der Waals surface area contributed by atoms with Gasteiger partial charge >= 0.3 is 0 Å². The normalized spacial score (nSPS) is 21.8. The fraction of sp³-hybridized carbons (Fsp3) is 0.350. The Hall–Kier alpha value is -2.69. The van der Waals surface area contributed by atoms with Crippen LogP contribution in [0, 0.1) is 0 Å². The van der Waals surface area contributed by atoms with E-state index in [1.54, 1.807) is 0 Å². The van der Waals surface area contributed by atoms with Gasteiger partial charge in [0.1, 0.15) is 5.75 Å². The minimum absolute atomic E-state index is 0.148. The van der Waals surface area contributed by atoms with E-state index in [9.17, 15) is 4.79 Å². The SMILES string of the molecule is O=C(Nc1ccc2c(c1)OC1(CCCC1)O2)C1Cc2ccccc2O1. The lowest BCUT2D eigenvalue weighted by Gasteiger charge is -2.21. The van der Waals surface area contributed by atoms with Gasteiger partial charge in [0, 0.05) is 31.0 Å². The van der Waals surface area contributed by atoms with E-state index in [1.165, 1.54) is 0 Å². The van der Waals surface area contributed by atoms with Crippen LogP contribution in [0.1, 0.15) is 31.2 Å². The van der Waals surface area contributed by atoms with E-state index in [0.717, 1.165) is 42.7 Å². The Morgan fingerprint density at radius 3 is 2.64 bits per heavy atom. The zero-order chi connectivity index (χ0) is 16.9. The molecule has 5 nitrogen and oxygen atoms in total. The van der Waals surface area contributed by atoms with E-state index in [0.29, 0.717) is 17.9 Å². The van der Waals surface area contributed by atoms with Crippen LogP contribution in [0.3, 0.4) is 0 Å². The van der Waals surface area contributed by atoms with Crippen molar-refractivity contribution in [1.29, 1.82) is 0 Å². The first-order chi connectivity index (χ1) is 12.2. The van der Waals surface area contributed by atoms with Crippen molar-refractivity contribution in [2.24, 2.45) is 0 Å². The number of hydrogen-bond donors (Lipinski definition) is 1. The third kappa shape index (κ3) is 2.51. The van der Waals surface area contributed by atoms with E-state index < -0.39 is 11.9 Å². The van der Waals surface area contributed by atoms with Gasteiger partial charge in [-0.25, -0.2) is 0 Å². The Bertz CT molecular complexity index is 816. The highest BCUT2D eigenvalue weighted by Crippen LogP contribution is 2.47. The number of carbonyl (C=O) groups is 1. The summed E-state index contributed by atoms with van der Waals surface area (Å²) in [6.07, 6.45) is 4.17. The predicted molar refractivity (Wildman–Crippen MR) is 92.1 cm³/mol. The summed E-state index contributed by atoms with van der Waals surface area (Å²) in [5, 5.41) is 2.93. The lowest BCUT2D eigenvalue weighted by molar-refractivity contribution is -0.122. The maximum atomic E-state index is 12.5. The molecular formula is C20H19NO4. The lowest BCUT2D eigenvalue weighted by atomic mass is 10.1. The van der Waals surface area contributed by atoms with Gasteiger partial charge in [-0.1, -0.05) is 18.2 Å². The van der Waals surface area contributed by atoms with Crippen molar-refractivity contribution in [2.45, 2.75) is 44.0 Å². The molecule has 1 unspecified atom stereocenters. The summed E-state index contributed by atoms with van der Waals surface area (Å²) in [6.45, 7) is 0. The van der Waals surface area contributed by atoms with Crippen molar-refractivity contribution in [3.63, 3.8) is 0 Å².